The number of carbonyl (C=O) groups is 1. The SMILES string of the molecule is COc1ccc(C(=O)NC2CCNC(C)C2)cc1O. The summed E-state index contributed by atoms with van der Waals surface area (Å²) >= 11 is 0. The lowest BCUT2D eigenvalue weighted by atomic mass is 10.0. The summed E-state index contributed by atoms with van der Waals surface area (Å²) in [7, 11) is 1.48. The number of amides is 1. The number of benzene rings is 1. The van der Waals surface area contributed by atoms with Gasteiger partial charge in [-0.05, 0) is 44.5 Å². The first-order valence-corrected chi connectivity index (χ1v) is 6.51. The summed E-state index contributed by atoms with van der Waals surface area (Å²) in [6.45, 7) is 3.03. The molecule has 19 heavy (non-hydrogen) atoms. The largest absolute Gasteiger partial charge is 0.504 e. The molecule has 1 aliphatic rings. The highest BCUT2D eigenvalue weighted by Crippen LogP contribution is 2.26. The number of methoxy groups -OCH3 is 1. The van der Waals surface area contributed by atoms with Crippen molar-refractivity contribution in [1.82, 2.24) is 10.6 Å². The van der Waals surface area contributed by atoms with E-state index in [0.29, 0.717) is 17.4 Å². The van der Waals surface area contributed by atoms with E-state index in [1.165, 1.54) is 13.2 Å². The zero-order valence-electron chi connectivity index (χ0n) is 11.3. The summed E-state index contributed by atoms with van der Waals surface area (Å²) in [4.78, 5) is 12.1. The summed E-state index contributed by atoms with van der Waals surface area (Å²) in [5, 5.41) is 16.0. The molecular weight excluding hydrogens is 244 g/mol. The van der Waals surface area contributed by atoms with Gasteiger partial charge in [0.1, 0.15) is 0 Å². The Morgan fingerprint density at radius 1 is 1.53 bits per heavy atom. The lowest BCUT2D eigenvalue weighted by molar-refractivity contribution is 0.0925. The third-order valence-corrected chi connectivity index (χ3v) is 3.40. The predicted octanol–water partition coefficient (Wildman–Crippen LogP) is 1.27. The van der Waals surface area contributed by atoms with E-state index < -0.39 is 0 Å². The van der Waals surface area contributed by atoms with Gasteiger partial charge in [0.2, 0.25) is 0 Å². The highest BCUT2D eigenvalue weighted by atomic mass is 16.5. The molecule has 1 fully saturated rings. The molecule has 3 N–H and O–H groups in total. The molecule has 2 rings (SSSR count). The van der Waals surface area contributed by atoms with Crippen LogP contribution in [0.2, 0.25) is 0 Å². The van der Waals surface area contributed by atoms with Crippen LogP contribution in [-0.2, 0) is 0 Å². The first-order chi connectivity index (χ1) is 9.10. The highest BCUT2D eigenvalue weighted by Gasteiger charge is 2.20. The van der Waals surface area contributed by atoms with E-state index in [-0.39, 0.29) is 17.7 Å². The van der Waals surface area contributed by atoms with Gasteiger partial charge < -0.3 is 20.5 Å². The summed E-state index contributed by atoms with van der Waals surface area (Å²) in [6.07, 6.45) is 1.85. The van der Waals surface area contributed by atoms with Gasteiger partial charge in [-0.1, -0.05) is 0 Å². The zero-order chi connectivity index (χ0) is 13.8. The van der Waals surface area contributed by atoms with Crippen molar-refractivity contribution in [2.24, 2.45) is 0 Å². The van der Waals surface area contributed by atoms with Crippen molar-refractivity contribution in [3.63, 3.8) is 0 Å². The van der Waals surface area contributed by atoms with Crippen LogP contribution in [0.1, 0.15) is 30.1 Å². The first-order valence-electron chi connectivity index (χ1n) is 6.51. The van der Waals surface area contributed by atoms with Gasteiger partial charge in [0.25, 0.3) is 5.91 Å². The molecule has 5 heteroatoms. The van der Waals surface area contributed by atoms with Gasteiger partial charge in [-0.2, -0.15) is 0 Å². The predicted molar refractivity (Wildman–Crippen MR) is 72.6 cm³/mol. The molecule has 0 saturated carbocycles. The maximum atomic E-state index is 12.1. The molecule has 1 amide bonds. The van der Waals surface area contributed by atoms with Crippen LogP contribution in [0.4, 0.5) is 0 Å². The molecule has 1 saturated heterocycles. The fourth-order valence-corrected chi connectivity index (χ4v) is 2.36. The van der Waals surface area contributed by atoms with Crippen LogP contribution in [0.15, 0.2) is 18.2 Å². The van der Waals surface area contributed by atoms with Gasteiger partial charge in [-0.15, -0.1) is 0 Å². The van der Waals surface area contributed by atoms with Crippen molar-refractivity contribution in [3.8, 4) is 11.5 Å². The van der Waals surface area contributed by atoms with Crippen LogP contribution < -0.4 is 15.4 Å². The van der Waals surface area contributed by atoms with Gasteiger partial charge in [0.15, 0.2) is 11.5 Å². The number of hydrogen-bond donors (Lipinski definition) is 3. The number of carbonyl (C=O) groups excluding carboxylic acids is 1. The number of hydrogen-bond acceptors (Lipinski definition) is 4. The van der Waals surface area contributed by atoms with E-state index in [0.717, 1.165) is 19.4 Å². The fourth-order valence-electron chi connectivity index (χ4n) is 2.36. The van der Waals surface area contributed by atoms with Crippen LogP contribution in [0, 0.1) is 0 Å². The van der Waals surface area contributed by atoms with E-state index in [9.17, 15) is 9.90 Å². The second-order valence-electron chi connectivity index (χ2n) is 4.94. The van der Waals surface area contributed by atoms with Gasteiger partial charge in [-0.3, -0.25) is 4.79 Å². The standard InChI is InChI=1S/C14H20N2O3/c1-9-7-11(5-6-15-9)16-14(18)10-3-4-13(19-2)12(17)8-10/h3-4,8-9,11,15,17H,5-7H2,1-2H3,(H,16,18). The van der Waals surface area contributed by atoms with E-state index in [1.54, 1.807) is 12.1 Å². The van der Waals surface area contributed by atoms with Crippen molar-refractivity contribution in [3.05, 3.63) is 23.8 Å². The Morgan fingerprint density at radius 3 is 2.95 bits per heavy atom. The van der Waals surface area contributed by atoms with E-state index >= 15 is 0 Å². The fraction of sp³-hybridized carbons (Fsp3) is 0.500. The Bertz CT molecular complexity index is 462. The number of ether oxygens (including phenoxy) is 1. The van der Waals surface area contributed by atoms with Crippen LogP contribution in [0.25, 0.3) is 0 Å². The second-order valence-corrected chi connectivity index (χ2v) is 4.94. The van der Waals surface area contributed by atoms with Crippen LogP contribution >= 0.6 is 0 Å². The van der Waals surface area contributed by atoms with Crippen LogP contribution in [-0.4, -0.2) is 36.8 Å². The summed E-state index contributed by atoms with van der Waals surface area (Å²) in [5.74, 6) is 0.193. The van der Waals surface area contributed by atoms with E-state index in [1.807, 2.05) is 0 Å². The lowest BCUT2D eigenvalue weighted by Crippen LogP contribution is -2.46. The third-order valence-electron chi connectivity index (χ3n) is 3.40. The monoisotopic (exact) mass is 264 g/mol. The number of phenols is 1. The molecule has 104 valence electrons. The molecule has 2 unspecified atom stereocenters. The van der Waals surface area contributed by atoms with E-state index in [2.05, 4.69) is 17.6 Å². The molecule has 0 spiro atoms. The molecular formula is C14H20N2O3. The van der Waals surface area contributed by atoms with Crippen molar-refractivity contribution in [1.29, 1.82) is 0 Å². The second kappa shape index (κ2) is 5.93. The number of nitrogens with one attached hydrogen (secondary N) is 2. The minimum Gasteiger partial charge on any atom is -0.504 e. The topological polar surface area (TPSA) is 70.6 Å². The molecule has 0 aromatic heterocycles. The van der Waals surface area contributed by atoms with Gasteiger partial charge in [0, 0.05) is 17.6 Å². The normalized spacial score (nSPS) is 22.8. The Hall–Kier alpha value is -1.75. The molecule has 0 radical (unpaired) electrons. The Morgan fingerprint density at radius 2 is 2.32 bits per heavy atom. The molecule has 0 aliphatic carbocycles. The smallest absolute Gasteiger partial charge is 0.251 e. The molecule has 5 nitrogen and oxygen atoms in total. The van der Waals surface area contributed by atoms with Crippen molar-refractivity contribution >= 4 is 5.91 Å². The van der Waals surface area contributed by atoms with Gasteiger partial charge in [-0.25, -0.2) is 0 Å². The molecule has 1 heterocycles. The zero-order valence-corrected chi connectivity index (χ0v) is 11.3. The van der Waals surface area contributed by atoms with E-state index in [4.69, 9.17) is 4.74 Å². The highest BCUT2D eigenvalue weighted by molar-refractivity contribution is 5.95. The first kappa shape index (κ1) is 13.7. The third kappa shape index (κ3) is 3.38. The average molecular weight is 264 g/mol. The Balaban J connectivity index is 2.01. The molecule has 1 aromatic carbocycles. The molecule has 0 bridgehead atoms. The van der Waals surface area contributed by atoms with Crippen molar-refractivity contribution in [2.75, 3.05) is 13.7 Å². The molecule has 2 atom stereocenters. The number of rotatable bonds is 3. The number of phenolic OH excluding ortho intramolecular Hbond substituents is 1. The minimum atomic E-state index is -0.156. The average Bonchev–Trinajstić information content (AvgIpc) is 2.38. The maximum Gasteiger partial charge on any atom is 0.251 e. The summed E-state index contributed by atoms with van der Waals surface area (Å²) in [6, 6.07) is 5.28. The van der Waals surface area contributed by atoms with Crippen molar-refractivity contribution < 1.29 is 14.6 Å². The minimum absolute atomic E-state index is 0.0196. The van der Waals surface area contributed by atoms with Crippen LogP contribution in [0.5, 0.6) is 11.5 Å². The maximum absolute atomic E-state index is 12.1. The Kier molecular flexibility index (Phi) is 4.27. The van der Waals surface area contributed by atoms with Crippen LogP contribution in [0.3, 0.4) is 0 Å². The number of piperidine rings is 1. The molecule has 1 aliphatic heterocycles. The lowest BCUT2D eigenvalue weighted by Gasteiger charge is -2.28. The van der Waals surface area contributed by atoms with Gasteiger partial charge >= 0.3 is 0 Å². The quantitative estimate of drug-likeness (QED) is 0.769. The van der Waals surface area contributed by atoms with Gasteiger partial charge in [0.05, 0.1) is 7.11 Å². The Labute approximate surface area is 113 Å². The number of aromatic hydroxyl groups is 1. The summed E-state index contributed by atoms with van der Waals surface area (Å²) in [5.41, 5.74) is 0.449. The summed E-state index contributed by atoms with van der Waals surface area (Å²) < 4.78 is 4.95. The molecule has 1 aromatic rings. The van der Waals surface area contributed by atoms with Crippen molar-refractivity contribution in [2.45, 2.75) is 31.8 Å².